The second-order valence-corrected chi connectivity index (χ2v) is 10.1. The Kier molecular flexibility index (Phi) is 6.57. The van der Waals surface area contributed by atoms with Gasteiger partial charge < -0.3 is 19.9 Å². The maximum absolute atomic E-state index is 13.1. The summed E-state index contributed by atoms with van der Waals surface area (Å²) >= 11 is 0. The molecule has 176 valence electrons. The third-order valence-corrected chi connectivity index (χ3v) is 7.72. The number of carbonyl (C=O) groups is 2. The van der Waals surface area contributed by atoms with E-state index in [-0.39, 0.29) is 17.9 Å². The zero-order chi connectivity index (χ0) is 23.6. The van der Waals surface area contributed by atoms with Gasteiger partial charge in [-0.05, 0) is 49.6 Å². The van der Waals surface area contributed by atoms with Crippen molar-refractivity contribution in [1.82, 2.24) is 9.62 Å². The maximum Gasteiger partial charge on any atom is 0.326 e. The molecule has 2 aliphatic heterocycles. The Bertz CT molecular complexity index is 1150. The molecule has 2 atom stereocenters. The summed E-state index contributed by atoms with van der Waals surface area (Å²) in [5.41, 5.74) is 1.58. The number of aliphatic carboxylic acids is 1. The van der Waals surface area contributed by atoms with E-state index in [1.165, 1.54) is 12.1 Å². The fourth-order valence-electron chi connectivity index (χ4n) is 4.05. The molecule has 0 saturated carbocycles. The van der Waals surface area contributed by atoms with Gasteiger partial charge in [0.05, 0.1) is 4.90 Å². The highest BCUT2D eigenvalue weighted by molar-refractivity contribution is 7.89. The maximum atomic E-state index is 13.1. The lowest BCUT2D eigenvalue weighted by molar-refractivity contribution is -0.142. The summed E-state index contributed by atoms with van der Waals surface area (Å²) in [4.78, 5) is 25.0. The van der Waals surface area contributed by atoms with Crippen LogP contribution in [0.3, 0.4) is 0 Å². The number of fused-ring (bicyclic) bond motifs is 1. The molecule has 2 aromatic carbocycles. The van der Waals surface area contributed by atoms with Crippen LogP contribution >= 0.6 is 0 Å². The Morgan fingerprint density at radius 2 is 1.82 bits per heavy atom. The van der Waals surface area contributed by atoms with E-state index in [2.05, 4.69) is 5.32 Å². The summed E-state index contributed by atoms with van der Waals surface area (Å²) in [7, 11) is -3.88. The zero-order valence-corrected chi connectivity index (χ0v) is 19.0. The number of sulfonamides is 1. The first-order valence-electron chi connectivity index (χ1n) is 10.8. The molecule has 1 saturated heterocycles. The molecule has 9 nitrogen and oxygen atoms in total. The molecule has 1 amide bonds. The lowest BCUT2D eigenvalue weighted by Gasteiger charge is -2.25. The average molecular weight is 475 g/mol. The van der Waals surface area contributed by atoms with Gasteiger partial charge in [0.1, 0.15) is 25.3 Å². The minimum Gasteiger partial charge on any atom is -0.486 e. The van der Waals surface area contributed by atoms with Crippen molar-refractivity contribution in [3.05, 3.63) is 53.6 Å². The topological polar surface area (TPSA) is 122 Å². The van der Waals surface area contributed by atoms with Crippen LogP contribution in [0.2, 0.25) is 0 Å². The molecule has 2 heterocycles. The molecule has 0 spiro atoms. The van der Waals surface area contributed by atoms with Gasteiger partial charge in [-0.25, -0.2) is 13.2 Å². The molecule has 1 unspecified atom stereocenters. The summed E-state index contributed by atoms with van der Waals surface area (Å²) < 4.78 is 38.4. The highest BCUT2D eigenvalue weighted by Crippen LogP contribution is 2.31. The van der Waals surface area contributed by atoms with Gasteiger partial charge in [0.15, 0.2) is 11.5 Å². The molecule has 0 aliphatic carbocycles. The molecule has 0 bridgehead atoms. The van der Waals surface area contributed by atoms with Crippen molar-refractivity contribution in [3.8, 4) is 11.5 Å². The quantitative estimate of drug-likeness (QED) is 0.627. The number of nitrogens with zero attached hydrogens (tertiary/aromatic N) is 1. The molecule has 2 N–H and O–H groups in total. The predicted molar refractivity (Wildman–Crippen MR) is 119 cm³/mol. The Hall–Kier alpha value is -3.11. The van der Waals surface area contributed by atoms with Crippen molar-refractivity contribution < 1.29 is 32.6 Å². The number of carbonyl (C=O) groups excluding carboxylic acids is 1. The van der Waals surface area contributed by atoms with Gasteiger partial charge in [-0.1, -0.05) is 23.8 Å². The van der Waals surface area contributed by atoms with Crippen LogP contribution < -0.4 is 14.8 Å². The zero-order valence-electron chi connectivity index (χ0n) is 18.2. The number of amides is 1. The molecule has 1 fully saturated rings. The Morgan fingerprint density at radius 3 is 2.52 bits per heavy atom. The van der Waals surface area contributed by atoms with Gasteiger partial charge >= 0.3 is 5.97 Å². The number of aryl methyl sites for hydroxylation is 1. The van der Waals surface area contributed by atoms with Crippen molar-refractivity contribution in [2.24, 2.45) is 0 Å². The van der Waals surface area contributed by atoms with E-state index in [1.807, 2.05) is 6.92 Å². The molecule has 2 aliphatic rings. The molecular weight excluding hydrogens is 448 g/mol. The van der Waals surface area contributed by atoms with Gasteiger partial charge in [-0.3, -0.25) is 4.79 Å². The van der Waals surface area contributed by atoms with Gasteiger partial charge in [-0.2, -0.15) is 4.31 Å². The number of carboxylic acids is 1. The summed E-state index contributed by atoms with van der Waals surface area (Å²) in [5, 5.41) is 12.2. The molecule has 0 radical (unpaired) electrons. The smallest absolute Gasteiger partial charge is 0.326 e. The number of nitrogens with one attached hydrogen (secondary N) is 1. The van der Waals surface area contributed by atoms with E-state index in [0.717, 1.165) is 9.87 Å². The van der Waals surface area contributed by atoms with Crippen LogP contribution in [0.5, 0.6) is 11.5 Å². The molecule has 2 aromatic rings. The van der Waals surface area contributed by atoms with Gasteiger partial charge in [0.25, 0.3) is 0 Å². The Labute approximate surface area is 192 Å². The van der Waals surface area contributed by atoms with Crippen LogP contribution in [0, 0.1) is 6.92 Å². The first kappa shape index (κ1) is 23.1. The van der Waals surface area contributed by atoms with Gasteiger partial charge in [-0.15, -0.1) is 0 Å². The van der Waals surface area contributed by atoms with Crippen LogP contribution in [0.15, 0.2) is 47.4 Å². The van der Waals surface area contributed by atoms with Crippen molar-refractivity contribution in [2.45, 2.75) is 43.2 Å². The van der Waals surface area contributed by atoms with Gasteiger partial charge in [0, 0.05) is 13.0 Å². The minimum atomic E-state index is -3.88. The normalized spacial score (nSPS) is 19.1. The number of carboxylic acid groups (broad SMARTS) is 1. The van der Waals surface area contributed by atoms with E-state index in [9.17, 15) is 23.1 Å². The van der Waals surface area contributed by atoms with Crippen LogP contribution in [0.25, 0.3) is 0 Å². The number of ether oxygens (including phenoxy) is 2. The number of hydrogen-bond donors (Lipinski definition) is 2. The summed E-state index contributed by atoms with van der Waals surface area (Å²) in [6.07, 6.45) is 0.867. The van der Waals surface area contributed by atoms with Crippen LogP contribution in [-0.2, 0) is 26.0 Å². The van der Waals surface area contributed by atoms with Crippen molar-refractivity contribution in [1.29, 1.82) is 0 Å². The number of benzene rings is 2. The van der Waals surface area contributed by atoms with Crippen LogP contribution in [0.1, 0.15) is 24.0 Å². The van der Waals surface area contributed by atoms with Crippen LogP contribution in [0.4, 0.5) is 0 Å². The lowest BCUT2D eigenvalue weighted by atomic mass is 10.0. The Morgan fingerprint density at radius 1 is 1.12 bits per heavy atom. The molecule has 0 aromatic heterocycles. The SMILES string of the molecule is Cc1ccc(S(=O)(=O)N2CCC[C@H]2C(=O)NC(Cc2ccc3c(c2)OCCO3)C(=O)O)cc1. The average Bonchev–Trinajstić information content (AvgIpc) is 3.30. The fourth-order valence-corrected chi connectivity index (χ4v) is 5.71. The van der Waals surface area contributed by atoms with Crippen molar-refractivity contribution in [2.75, 3.05) is 19.8 Å². The van der Waals surface area contributed by atoms with E-state index in [0.29, 0.717) is 43.1 Å². The lowest BCUT2D eigenvalue weighted by Crippen LogP contribution is -2.51. The fraction of sp³-hybridized carbons (Fsp3) is 0.391. The molecule has 33 heavy (non-hydrogen) atoms. The second kappa shape index (κ2) is 9.40. The molecule has 10 heteroatoms. The highest BCUT2D eigenvalue weighted by Gasteiger charge is 2.40. The summed E-state index contributed by atoms with van der Waals surface area (Å²) in [5.74, 6) is -0.707. The third kappa shape index (κ3) is 4.96. The number of rotatable bonds is 7. The molecular formula is C23H26N2O7S. The van der Waals surface area contributed by atoms with E-state index < -0.39 is 34.0 Å². The minimum absolute atomic E-state index is 0.0230. The monoisotopic (exact) mass is 474 g/mol. The Balaban J connectivity index is 1.49. The van der Waals surface area contributed by atoms with Crippen molar-refractivity contribution in [3.63, 3.8) is 0 Å². The number of hydrogen-bond acceptors (Lipinski definition) is 6. The highest BCUT2D eigenvalue weighted by atomic mass is 32.2. The third-order valence-electron chi connectivity index (χ3n) is 5.79. The van der Waals surface area contributed by atoms with Gasteiger partial charge in [0.2, 0.25) is 15.9 Å². The largest absolute Gasteiger partial charge is 0.486 e. The van der Waals surface area contributed by atoms with E-state index in [4.69, 9.17) is 9.47 Å². The standard InChI is InChI=1S/C23H26N2O7S/c1-15-4-7-17(8-5-15)33(29,30)25-10-2-3-19(25)22(26)24-18(23(27)28)13-16-6-9-20-21(14-16)32-12-11-31-20/h4-9,14,18-19H,2-3,10-13H2,1H3,(H,24,26)(H,27,28)/t18?,19-/m0/s1. The first-order chi connectivity index (χ1) is 15.8. The van der Waals surface area contributed by atoms with Crippen molar-refractivity contribution >= 4 is 21.9 Å². The predicted octanol–water partition coefficient (Wildman–Crippen LogP) is 1.73. The van der Waals surface area contributed by atoms with Crippen LogP contribution in [-0.4, -0.2) is 61.5 Å². The molecule has 4 rings (SSSR count). The van der Waals surface area contributed by atoms with E-state index >= 15 is 0 Å². The van der Waals surface area contributed by atoms with E-state index in [1.54, 1.807) is 30.3 Å². The second-order valence-electron chi connectivity index (χ2n) is 8.17. The first-order valence-corrected chi connectivity index (χ1v) is 12.2. The summed E-state index contributed by atoms with van der Waals surface area (Å²) in [6, 6.07) is 9.37. The summed E-state index contributed by atoms with van der Waals surface area (Å²) in [6.45, 7) is 2.91.